The Morgan fingerprint density at radius 3 is 2.83 bits per heavy atom. The number of benzene rings is 1. The van der Waals surface area contributed by atoms with Crippen molar-refractivity contribution in [3.05, 3.63) is 58.4 Å². The van der Waals surface area contributed by atoms with Crippen molar-refractivity contribution in [2.45, 2.75) is 18.9 Å². The van der Waals surface area contributed by atoms with Crippen LogP contribution < -0.4 is 4.74 Å². The molecule has 1 heterocycles. The minimum atomic E-state index is 0.491. The molecule has 0 aliphatic heterocycles. The van der Waals surface area contributed by atoms with Gasteiger partial charge in [-0.25, -0.2) is 0 Å². The van der Waals surface area contributed by atoms with Crippen LogP contribution >= 0.6 is 27.5 Å². The van der Waals surface area contributed by atoms with E-state index in [1.165, 1.54) is 0 Å². The van der Waals surface area contributed by atoms with Crippen molar-refractivity contribution >= 4 is 27.5 Å². The van der Waals surface area contributed by atoms with Gasteiger partial charge in [0.2, 0.25) is 0 Å². The van der Waals surface area contributed by atoms with Crippen LogP contribution in [0.25, 0.3) is 0 Å². The molecular weight excluding hydrogens is 314 g/mol. The normalized spacial score (nSPS) is 10.4. The topological polar surface area (TPSA) is 22.1 Å². The van der Waals surface area contributed by atoms with Gasteiger partial charge in [-0.2, -0.15) is 0 Å². The Hall–Kier alpha value is -1.06. The SMILES string of the molecule is Cc1ccc(OCc2cccc(Cl)c2)c(CBr)n1. The third-order valence-corrected chi connectivity index (χ3v) is 3.25. The number of rotatable bonds is 4. The lowest BCUT2D eigenvalue weighted by atomic mass is 10.2. The van der Waals surface area contributed by atoms with Crippen LogP contribution in [0.4, 0.5) is 0 Å². The zero-order valence-corrected chi connectivity index (χ0v) is 12.3. The van der Waals surface area contributed by atoms with Crippen molar-refractivity contribution < 1.29 is 4.74 Å². The number of nitrogens with zero attached hydrogens (tertiary/aromatic N) is 1. The van der Waals surface area contributed by atoms with Gasteiger partial charge in [0, 0.05) is 16.0 Å². The summed E-state index contributed by atoms with van der Waals surface area (Å²) in [6.07, 6.45) is 0. The molecule has 0 bridgehead atoms. The molecule has 1 aromatic carbocycles. The van der Waals surface area contributed by atoms with Gasteiger partial charge < -0.3 is 4.74 Å². The van der Waals surface area contributed by atoms with Crippen LogP contribution in [-0.4, -0.2) is 4.98 Å². The lowest BCUT2D eigenvalue weighted by Gasteiger charge is -2.10. The fourth-order valence-corrected chi connectivity index (χ4v) is 2.23. The Bertz CT molecular complexity index is 545. The van der Waals surface area contributed by atoms with Crippen LogP contribution in [0.3, 0.4) is 0 Å². The summed E-state index contributed by atoms with van der Waals surface area (Å²) in [5, 5.41) is 1.40. The Labute approximate surface area is 120 Å². The molecule has 4 heteroatoms. The average Bonchev–Trinajstić information content (AvgIpc) is 2.37. The Morgan fingerprint density at radius 2 is 2.11 bits per heavy atom. The maximum Gasteiger partial charge on any atom is 0.142 e. The minimum Gasteiger partial charge on any atom is -0.487 e. The van der Waals surface area contributed by atoms with E-state index in [1.54, 1.807) is 0 Å². The summed E-state index contributed by atoms with van der Waals surface area (Å²) in [4.78, 5) is 4.42. The second kappa shape index (κ2) is 6.21. The summed E-state index contributed by atoms with van der Waals surface area (Å²) in [5.41, 5.74) is 2.94. The molecule has 2 nitrogen and oxygen atoms in total. The summed E-state index contributed by atoms with van der Waals surface area (Å²) >= 11 is 9.35. The minimum absolute atomic E-state index is 0.491. The molecule has 2 rings (SSSR count). The number of halogens is 2. The third kappa shape index (κ3) is 3.47. The van der Waals surface area contributed by atoms with Crippen molar-refractivity contribution in [1.29, 1.82) is 0 Å². The first kappa shape index (κ1) is 13.4. The lowest BCUT2D eigenvalue weighted by molar-refractivity contribution is 0.302. The molecule has 0 radical (unpaired) electrons. The standard InChI is InChI=1S/C14H13BrClNO/c1-10-5-6-14(13(8-15)17-10)18-9-11-3-2-4-12(16)7-11/h2-7H,8-9H2,1H3. The predicted octanol–water partition coefficient (Wildman–Crippen LogP) is 4.52. The van der Waals surface area contributed by atoms with Gasteiger partial charge in [0.1, 0.15) is 12.4 Å². The van der Waals surface area contributed by atoms with Crippen molar-refractivity contribution in [2.75, 3.05) is 0 Å². The number of alkyl halides is 1. The van der Waals surface area contributed by atoms with Crippen LogP contribution in [0.15, 0.2) is 36.4 Å². The highest BCUT2D eigenvalue weighted by Crippen LogP contribution is 2.21. The monoisotopic (exact) mass is 325 g/mol. The zero-order valence-electron chi connectivity index (χ0n) is 9.99. The molecule has 0 saturated carbocycles. The van der Waals surface area contributed by atoms with Crippen molar-refractivity contribution in [3.8, 4) is 5.75 Å². The number of aromatic nitrogens is 1. The van der Waals surface area contributed by atoms with Crippen LogP contribution in [0.2, 0.25) is 5.02 Å². The van der Waals surface area contributed by atoms with Gasteiger partial charge in [0.15, 0.2) is 0 Å². The molecule has 0 amide bonds. The molecule has 2 aromatic rings. The number of hydrogen-bond acceptors (Lipinski definition) is 2. The molecule has 0 unspecified atom stereocenters. The molecule has 94 valence electrons. The maximum absolute atomic E-state index is 5.93. The maximum atomic E-state index is 5.93. The van der Waals surface area contributed by atoms with E-state index >= 15 is 0 Å². The first-order valence-corrected chi connectivity index (χ1v) is 7.08. The van der Waals surface area contributed by atoms with Crippen molar-refractivity contribution in [2.24, 2.45) is 0 Å². The quantitative estimate of drug-likeness (QED) is 0.771. The highest BCUT2D eigenvalue weighted by atomic mass is 79.9. The Balaban J connectivity index is 2.10. The van der Waals surface area contributed by atoms with E-state index in [0.717, 1.165) is 27.7 Å². The average molecular weight is 327 g/mol. The largest absolute Gasteiger partial charge is 0.487 e. The first-order valence-electron chi connectivity index (χ1n) is 5.59. The molecule has 18 heavy (non-hydrogen) atoms. The van der Waals surface area contributed by atoms with Gasteiger partial charge in [-0.1, -0.05) is 39.7 Å². The highest BCUT2D eigenvalue weighted by Gasteiger charge is 2.05. The van der Waals surface area contributed by atoms with Crippen molar-refractivity contribution in [1.82, 2.24) is 4.98 Å². The summed E-state index contributed by atoms with van der Waals surface area (Å²) < 4.78 is 5.77. The number of aryl methyl sites for hydroxylation is 1. The summed E-state index contributed by atoms with van der Waals surface area (Å²) in [5.74, 6) is 0.803. The second-order valence-electron chi connectivity index (χ2n) is 3.95. The van der Waals surface area contributed by atoms with Gasteiger partial charge in [-0.15, -0.1) is 0 Å². The van der Waals surface area contributed by atoms with Gasteiger partial charge in [-0.05, 0) is 36.8 Å². The van der Waals surface area contributed by atoms with Crippen LogP contribution in [0, 0.1) is 6.92 Å². The Kier molecular flexibility index (Phi) is 4.61. The fourth-order valence-electron chi connectivity index (χ4n) is 1.61. The molecule has 0 aliphatic carbocycles. The van der Waals surface area contributed by atoms with E-state index in [2.05, 4.69) is 20.9 Å². The summed E-state index contributed by atoms with van der Waals surface area (Å²) in [6.45, 7) is 2.46. The van der Waals surface area contributed by atoms with Crippen molar-refractivity contribution in [3.63, 3.8) is 0 Å². The Morgan fingerprint density at radius 1 is 1.28 bits per heavy atom. The number of ether oxygens (including phenoxy) is 1. The van der Waals surface area contributed by atoms with E-state index in [9.17, 15) is 0 Å². The molecule has 1 aromatic heterocycles. The number of hydrogen-bond donors (Lipinski definition) is 0. The van der Waals surface area contributed by atoms with E-state index in [0.29, 0.717) is 11.9 Å². The first-order chi connectivity index (χ1) is 8.69. The van der Waals surface area contributed by atoms with E-state index < -0.39 is 0 Å². The zero-order chi connectivity index (χ0) is 13.0. The van der Waals surface area contributed by atoms with E-state index in [4.69, 9.17) is 16.3 Å². The molecular formula is C14H13BrClNO. The highest BCUT2D eigenvalue weighted by molar-refractivity contribution is 9.08. The van der Waals surface area contributed by atoms with Crippen LogP contribution in [0.5, 0.6) is 5.75 Å². The summed E-state index contributed by atoms with van der Waals surface area (Å²) in [6, 6.07) is 11.5. The van der Waals surface area contributed by atoms with E-state index in [1.807, 2.05) is 43.3 Å². The molecule has 0 fully saturated rings. The molecule has 0 saturated heterocycles. The second-order valence-corrected chi connectivity index (χ2v) is 4.95. The number of pyridine rings is 1. The van der Waals surface area contributed by atoms with Crippen LogP contribution in [-0.2, 0) is 11.9 Å². The molecule has 0 atom stereocenters. The smallest absolute Gasteiger partial charge is 0.142 e. The predicted molar refractivity (Wildman–Crippen MR) is 77.4 cm³/mol. The fraction of sp³-hybridized carbons (Fsp3) is 0.214. The van der Waals surface area contributed by atoms with Gasteiger partial charge in [0.25, 0.3) is 0 Å². The van der Waals surface area contributed by atoms with Gasteiger partial charge >= 0.3 is 0 Å². The third-order valence-electron chi connectivity index (χ3n) is 2.48. The van der Waals surface area contributed by atoms with Crippen LogP contribution in [0.1, 0.15) is 17.0 Å². The van der Waals surface area contributed by atoms with Gasteiger partial charge in [0.05, 0.1) is 5.69 Å². The lowest BCUT2D eigenvalue weighted by Crippen LogP contribution is -2.00. The summed E-state index contributed by atoms with van der Waals surface area (Å²) in [7, 11) is 0. The van der Waals surface area contributed by atoms with E-state index in [-0.39, 0.29) is 0 Å². The molecule has 0 N–H and O–H groups in total. The van der Waals surface area contributed by atoms with Gasteiger partial charge in [-0.3, -0.25) is 4.98 Å². The molecule has 0 aliphatic rings. The molecule has 0 spiro atoms.